The minimum Gasteiger partial charge on any atom is -0.385 e. The highest BCUT2D eigenvalue weighted by Crippen LogP contribution is 2.21. The van der Waals surface area contributed by atoms with E-state index in [0.717, 1.165) is 12.2 Å². The Kier molecular flexibility index (Phi) is 7.70. The fourth-order valence-corrected chi connectivity index (χ4v) is 2.79. The van der Waals surface area contributed by atoms with Crippen molar-refractivity contribution in [1.82, 2.24) is 5.32 Å². The van der Waals surface area contributed by atoms with E-state index >= 15 is 0 Å². The topological polar surface area (TPSA) is 38.3 Å². The maximum absolute atomic E-state index is 11.9. The van der Waals surface area contributed by atoms with Crippen LogP contribution in [0, 0.1) is 13.8 Å². The average molecular weight is 295 g/mol. The molecule has 1 N–H and O–H groups in total. The number of ether oxygens (including phenoxy) is 1. The molecule has 1 aromatic rings. The highest BCUT2D eigenvalue weighted by molar-refractivity contribution is 7.99. The maximum atomic E-state index is 11.9. The summed E-state index contributed by atoms with van der Waals surface area (Å²) in [6.07, 6.45) is 0.858. The molecule has 0 aliphatic heterocycles. The molecule has 1 atom stereocenters. The number of aryl methyl sites for hydroxylation is 2. The Hall–Kier alpha value is -1.00. The summed E-state index contributed by atoms with van der Waals surface area (Å²) < 4.78 is 4.96. The Morgan fingerprint density at radius 3 is 2.85 bits per heavy atom. The van der Waals surface area contributed by atoms with Crippen molar-refractivity contribution >= 4 is 17.7 Å². The van der Waals surface area contributed by atoms with Crippen LogP contribution >= 0.6 is 11.8 Å². The van der Waals surface area contributed by atoms with Gasteiger partial charge in [0.05, 0.1) is 5.25 Å². The summed E-state index contributed by atoms with van der Waals surface area (Å²) in [7, 11) is 1.67. The van der Waals surface area contributed by atoms with Gasteiger partial charge in [-0.25, -0.2) is 0 Å². The Morgan fingerprint density at radius 1 is 1.40 bits per heavy atom. The van der Waals surface area contributed by atoms with Crippen LogP contribution in [0.15, 0.2) is 18.2 Å². The molecule has 0 spiro atoms. The number of hydrogen-bond acceptors (Lipinski definition) is 3. The van der Waals surface area contributed by atoms with E-state index in [1.54, 1.807) is 18.9 Å². The molecule has 0 saturated heterocycles. The first-order valence-electron chi connectivity index (χ1n) is 6.99. The van der Waals surface area contributed by atoms with Crippen molar-refractivity contribution in [1.29, 1.82) is 0 Å². The smallest absolute Gasteiger partial charge is 0.232 e. The van der Waals surface area contributed by atoms with Gasteiger partial charge < -0.3 is 10.1 Å². The highest BCUT2D eigenvalue weighted by atomic mass is 32.2. The summed E-state index contributed by atoms with van der Waals surface area (Å²) >= 11 is 1.68. The second-order valence-corrected chi connectivity index (χ2v) is 6.35. The summed E-state index contributed by atoms with van der Waals surface area (Å²) in [6, 6.07) is 6.46. The zero-order valence-electron chi connectivity index (χ0n) is 12.9. The summed E-state index contributed by atoms with van der Waals surface area (Å²) in [5.74, 6) is 0.983. The second-order valence-electron chi connectivity index (χ2n) is 5.02. The lowest BCUT2D eigenvalue weighted by Gasteiger charge is -2.13. The molecular weight excluding hydrogens is 270 g/mol. The van der Waals surface area contributed by atoms with E-state index in [2.05, 4.69) is 37.4 Å². The molecule has 0 bridgehead atoms. The van der Waals surface area contributed by atoms with Crippen LogP contribution in [0.3, 0.4) is 0 Å². The Morgan fingerprint density at radius 2 is 2.15 bits per heavy atom. The van der Waals surface area contributed by atoms with E-state index in [0.29, 0.717) is 13.2 Å². The molecule has 0 aliphatic carbocycles. The number of carbonyl (C=O) groups is 1. The molecule has 0 aliphatic rings. The average Bonchev–Trinajstić information content (AvgIpc) is 2.44. The molecule has 3 nitrogen and oxygen atoms in total. The minimum absolute atomic E-state index is 0.0301. The van der Waals surface area contributed by atoms with E-state index in [1.165, 1.54) is 16.7 Å². The zero-order valence-corrected chi connectivity index (χ0v) is 13.7. The third-order valence-corrected chi connectivity index (χ3v) is 4.38. The van der Waals surface area contributed by atoms with Crippen LogP contribution in [0.2, 0.25) is 0 Å². The molecule has 1 unspecified atom stereocenters. The number of thioether (sulfide) groups is 1. The summed E-state index contributed by atoms with van der Waals surface area (Å²) in [6.45, 7) is 7.54. The zero-order chi connectivity index (χ0) is 15.0. The van der Waals surface area contributed by atoms with Crippen LogP contribution in [-0.4, -0.2) is 31.4 Å². The quantitative estimate of drug-likeness (QED) is 0.749. The van der Waals surface area contributed by atoms with Crippen molar-refractivity contribution in [2.24, 2.45) is 0 Å². The molecule has 4 heteroatoms. The van der Waals surface area contributed by atoms with Crippen LogP contribution in [0.1, 0.15) is 30.0 Å². The number of benzene rings is 1. The van der Waals surface area contributed by atoms with Gasteiger partial charge in [-0.2, -0.15) is 0 Å². The van der Waals surface area contributed by atoms with Crippen LogP contribution in [0.4, 0.5) is 0 Å². The van der Waals surface area contributed by atoms with Crippen molar-refractivity contribution in [3.05, 3.63) is 34.9 Å². The van der Waals surface area contributed by atoms with Crippen LogP contribution in [0.25, 0.3) is 0 Å². The van der Waals surface area contributed by atoms with Gasteiger partial charge in [0.15, 0.2) is 0 Å². The van der Waals surface area contributed by atoms with Gasteiger partial charge in [0.25, 0.3) is 0 Å². The Balaban J connectivity index is 2.36. The Labute approximate surface area is 126 Å². The molecule has 0 radical (unpaired) electrons. The molecule has 20 heavy (non-hydrogen) atoms. The van der Waals surface area contributed by atoms with E-state index in [4.69, 9.17) is 4.74 Å². The van der Waals surface area contributed by atoms with Crippen LogP contribution in [-0.2, 0) is 15.3 Å². The highest BCUT2D eigenvalue weighted by Gasteiger charge is 2.13. The van der Waals surface area contributed by atoms with Gasteiger partial charge in [-0.15, -0.1) is 11.8 Å². The molecule has 0 saturated carbocycles. The first-order chi connectivity index (χ1) is 9.54. The van der Waals surface area contributed by atoms with Crippen molar-refractivity contribution in [3.63, 3.8) is 0 Å². The molecule has 1 rings (SSSR count). The summed E-state index contributed by atoms with van der Waals surface area (Å²) in [4.78, 5) is 11.9. The van der Waals surface area contributed by atoms with E-state index in [-0.39, 0.29) is 11.2 Å². The maximum Gasteiger partial charge on any atom is 0.232 e. The third-order valence-electron chi connectivity index (χ3n) is 3.19. The van der Waals surface area contributed by atoms with Gasteiger partial charge in [-0.1, -0.05) is 23.8 Å². The van der Waals surface area contributed by atoms with E-state index < -0.39 is 0 Å². The van der Waals surface area contributed by atoms with E-state index in [1.807, 2.05) is 6.92 Å². The predicted octanol–water partition coefficient (Wildman–Crippen LogP) is 3.08. The van der Waals surface area contributed by atoms with Crippen molar-refractivity contribution in [3.8, 4) is 0 Å². The number of hydrogen-bond donors (Lipinski definition) is 1. The number of nitrogens with one attached hydrogen (secondary N) is 1. The van der Waals surface area contributed by atoms with Gasteiger partial charge >= 0.3 is 0 Å². The lowest BCUT2D eigenvalue weighted by Crippen LogP contribution is -2.32. The van der Waals surface area contributed by atoms with Gasteiger partial charge in [-0.05, 0) is 38.3 Å². The number of carbonyl (C=O) groups excluding carboxylic acids is 1. The van der Waals surface area contributed by atoms with Crippen molar-refractivity contribution in [2.45, 2.75) is 38.2 Å². The fourth-order valence-electron chi connectivity index (χ4n) is 1.82. The fraction of sp³-hybridized carbons (Fsp3) is 0.562. The number of amides is 1. The Bertz CT molecular complexity index is 434. The largest absolute Gasteiger partial charge is 0.385 e. The number of methoxy groups -OCH3 is 1. The SMILES string of the molecule is COCCCNC(=O)C(C)SCc1cc(C)ccc1C. The summed E-state index contributed by atoms with van der Waals surface area (Å²) in [5, 5.41) is 2.91. The van der Waals surface area contributed by atoms with Gasteiger partial charge in [-0.3, -0.25) is 4.79 Å². The lowest BCUT2D eigenvalue weighted by molar-refractivity contribution is -0.120. The van der Waals surface area contributed by atoms with Gasteiger partial charge in [0.2, 0.25) is 5.91 Å². The first-order valence-corrected chi connectivity index (χ1v) is 8.04. The van der Waals surface area contributed by atoms with Gasteiger partial charge in [0.1, 0.15) is 0 Å². The standard InChI is InChI=1S/C16H25NO2S/c1-12-6-7-13(2)15(10-12)11-20-14(3)16(18)17-8-5-9-19-4/h6-7,10,14H,5,8-9,11H2,1-4H3,(H,17,18). The molecular formula is C16H25NO2S. The predicted molar refractivity (Wildman–Crippen MR) is 86.2 cm³/mol. The molecule has 1 amide bonds. The minimum atomic E-state index is -0.0301. The molecule has 0 aromatic heterocycles. The van der Waals surface area contributed by atoms with Crippen molar-refractivity contribution < 1.29 is 9.53 Å². The van der Waals surface area contributed by atoms with Crippen molar-refractivity contribution in [2.75, 3.05) is 20.3 Å². The molecule has 0 heterocycles. The second kappa shape index (κ2) is 9.03. The van der Waals surface area contributed by atoms with Gasteiger partial charge in [0, 0.05) is 26.0 Å². The van der Waals surface area contributed by atoms with Crippen LogP contribution in [0.5, 0.6) is 0 Å². The van der Waals surface area contributed by atoms with E-state index in [9.17, 15) is 4.79 Å². The monoisotopic (exact) mass is 295 g/mol. The number of rotatable bonds is 8. The lowest BCUT2D eigenvalue weighted by atomic mass is 10.1. The third kappa shape index (κ3) is 5.97. The summed E-state index contributed by atoms with van der Waals surface area (Å²) in [5.41, 5.74) is 3.87. The molecule has 1 aromatic carbocycles. The molecule has 0 fully saturated rings. The first kappa shape index (κ1) is 17.1. The van der Waals surface area contributed by atoms with Crippen LogP contribution < -0.4 is 5.32 Å². The molecule has 112 valence electrons. The normalized spacial score (nSPS) is 12.2.